The zero-order valence-electron chi connectivity index (χ0n) is 20.7. The van der Waals surface area contributed by atoms with E-state index in [4.69, 9.17) is 14.2 Å². The fourth-order valence-electron chi connectivity index (χ4n) is 3.66. The van der Waals surface area contributed by atoms with Gasteiger partial charge in [-0.15, -0.1) is 0 Å². The highest BCUT2D eigenvalue weighted by atomic mass is 79.9. The van der Waals surface area contributed by atoms with Gasteiger partial charge in [-0.2, -0.15) is 10.4 Å². The fraction of sp³-hybridized carbons (Fsp3) is 0.214. The number of nitrogens with zero attached hydrogens (tertiary/aromatic N) is 2. The summed E-state index contributed by atoms with van der Waals surface area (Å²) in [7, 11) is 0. The van der Waals surface area contributed by atoms with Crippen molar-refractivity contribution in [3.63, 3.8) is 0 Å². The van der Waals surface area contributed by atoms with Crippen molar-refractivity contribution in [3.8, 4) is 23.3 Å². The summed E-state index contributed by atoms with van der Waals surface area (Å²) in [6.07, 6.45) is 1.49. The molecule has 1 aliphatic heterocycles. The summed E-state index contributed by atoms with van der Waals surface area (Å²) < 4.78 is 17.1. The van der Waals surface area contributed by atoms with Crippen molar-refractivity contribution in [1.82, 2.24) is 10.7 Å². The molecular weight excluding hydrogens is 552 g/mol. The van der Waals surface area contributed by atoms with Gasteiger partial charge in [-0.25, -0.2) is 5.43 Å². The van der Waals surface area contributed by atoms with E-state index in [2.05, 4.69) is 37.8 Å². The lowest BCUT2D eigenvalue weighted by molar-refractivity contribution is -0.123. The van der Waals surface area contributed by atoms with Gasteiger partial charge in [0.15, 0.2) is 11.5 Å². The normalized spacial score (nSPS) is 12.7. The van der Waals surface area contributed by atoms with Gasteiger partial charge in [-0.05, 0) is 69.9 Å². The summed E-state index contributed by atoms with van der Waals surface area (Å²) in [4.78, 5) is 25.5. The average molecular weight is 577 g/mol. The molecule has 4 rings (SSSR count). The van der Waals surface area contributed by atoms with E-state index in [0.29, 0.717) is 38.4 Å². The van der Waals surface area contributed by atoms with Crippen molar-refractivity contribution in [3.05, 3.63) is 87.4 Å². The molecule has 0 radical (unpaired) electrons. The lowest BCUT2D eigenvalue weighted by atomic mass is 10.0. The zero-order valence-corrected chi connectivity index (χ0v) is 22.3. The number of ether oxygens (including phenoxy) is 3. The van der Waals surface area contributed by atoms with E-state index in [1.807, 2.05) is 32.0 Å². The molecule has 0 saturated heterocycles. The molecule has 1 unspecified atom stereocenters. The van der Waals surface area contributed by atoms with Crippen LogP contribution in [-0.2, 0) is 11.4 Å². The van der Waals surface area contributed by atoms with E-state index in [-0.39, 0.29) is 19.3 Å². The highest BCUT2D eigenvalue weighted by molar-refractivity contribution is 9.10. The summed E-state index contributed by atoms with van der Waals surface area (Å²) in [6, 6.07) is 18.8. The Bertz CT molecular complexity index is 1420. The summed E-state index contributed by atoms with van der Waals surface area (Å²) in [5.74, 6) is 0.635. The SMILES string of the molecule is CC(C)C(NC(=O)c1ccc2c(c1)OCO2)C(=O)N/N=C/c1ccc(OCc2ccccc2C#N)c(Br)c1. The third kappa shape index (κ3) is 6.49. The molecule has 10 heteroatoms. The molecule has 1 heterocycles. The first kappa shape index (κ1) is 26.7. The van der Waals surface area contributed by atoms with E-state index in [1.54, 1.807) is 42.5 Å². The number of halogens is 1. The predicted octanol–water partition coefficient (Wildman–Crippen LogP) is 4.53. The molecule has 3 aromatic rings. The van der Waals surface area contributed by atoms with Crippen molar-refractivity contribution >= 4 is 34.0 Å². The van der Waals surface area contributed by atoms with Gasteiger partial charge >= 0.3 is 0 Å². The second kappa shape index (κ2) is 12.3. The molecule has 0 fully saturated rings. The maximum absolute atomic E-state index is 12.8. The topological polar surface area (TPSA) is 122 Å². The van der Waals surface area contributed by atoms with Gasteiger partial charge in [0.1, 0.15) is 18.4 Å². The number of benzene rings is 3. The average Bonchev–Trinajstić information content (AvgIpc) is 3.39. The van der Waals surface area contributed by atoms with Gasteiger partial charge in [0.2, 0.25) is 6.79 Å². The Morgan fingerprint density at radius 2 is 1.92 bits per heavy atom. The van der Waals surface area contributed by atoms with Crippen molar-refractivity contribution in [2.24, 2.45) is 11.0 Å². The van der Waals surface area contributed by atoms with Crippen molar-refractivity contribution in [1.29, 1.82) is 5.26 Å². The molecule has 1 atom stereocenters. The Kier molecular flexibility index (Phi) is 8.61. The number of nitriles is 1. The van der Waals surface area contributed by atoms with Gasteiger partial charge in [0.05, 0.1) is 22.3 Å². The van der Waals surface area contributed by atoms with Crippen LogP contribution in [-0.4, -0.2) is 30.9 Å². The molecule has 2 amide bonds. The van der Waals surface area contributed by atoms with Crippen molar-refractivity contribution in [2.75, 3.05) is 6.79 Å². The minimum absolute atomic E-state index is 0.110. The standard InChI is InChI=1S/C28H25BrN4O5/c1-17(2)26(32-27(34)19-8-10-24-25(12-19)38-16-37-24)28(35)33-31-14-18-7-9-23(22(29)11-18)36-15-21-6-4-3-5-20(21)13-30/h3-12,14,17,26H,15-16H2,1-2H3,(H,32,34)(H,33,35)/b31-14+. The number of carbonyl (C=O) groups is 2. The van der Waals surface area contributed by atoms with Gasteiger partial charge < -0.3 is 19.5 Å². The van der Waals surface area contributed by atoms with Crippen LogP contribution in [0.4, 0.5) is 0 Å². The maximum Gasteiger partial charge on any atom is 0.262 e. The molecule has 0 saturated carbocycles. The van der Waals surface area contributed by atoms with Crippen LogP contribution in [0.3, 0.4) is 0 Å². The van der Waals surface area contributed by atoms with Crippen LogP contribution >= 0.6 is 15.9 Å². The van der Waals surface area contributed by atoms with E-state index in [9.17, 15) is 14.9 Å². The van der Waals surface area contributed by atoms with E-state index in [1.165, 1.54) is 6.21 Å². The van der Waals surface area contributed by atoms with E-state index < -0.39 is 17.9 Å². The van der Waals surface area contributed by atoms with Crippen molar-refractivity contribution < 1.29 is 23.8 Å². The number of nitrogens with one attached hydrogen (secondary N) is 2. The number of hydrogen-bond acceptors (Lipinski definition) is 7. The van der Waals surface area contributed by atoms with Crippen LogP contribution < -0.4 is 25.0 Å². The summed E-state index contributed by atoms with van der Waals surface area (Å²) >= 11 is 3.48. The lowest BCUT2D eigenvalue weighted by Gasteiger charge is -2.20. The van der Waals surface area contributed by atoms with Gasteiger partial charge in [-0.1, -0.05) is 32.0 Å². The van der Waals surface area contributed by atoms with Crippen LogP contribution in [0.1, 0.15) is 40.9 Å². The molecule has 0 aromatic heterocycles. The molecule has 194 valence electrons. The lowest BCUT2D eigenvalue weighted by Crippen LogP contribution is -2.48. The van der Waals surface area contributed by atoms with Crippen LogP contribution in [0.2, 0.25) is 0 Å². The van der Waals surface area contributed by atoms with Gasteiger partial charge in [0, 0.05) is 11.1 Å². The van der Waals surface area contributed by atoms with Crippen molar-refractivity contribution in [2.45, 2.75) is 26.5 Å². The van der Waals surface area contributed by atoms with E-state index in [0.717, 1.165) is 5.56 Å². The third-order valence-electron chi connectivity index (χ3n) is 5.74. The maximum atomic E-state index is 12.8. The van der Waals surface area contributed by atoms with Gasteiger partial charge in [-0.3, -0.25) is 9.59 Å². The molecule has 0 aliphatic carbocycles. The second-order valence-corrected chi connectivity index (χ2v) is 9.60. The Morgan fingerprint density at radius 3 is 2.68 bits per heavy atom. The third-order valence-corrected chi connectivity index (χ3v) is 6.36. The number of hydrazone groups is 1. The minimum Gasteiger partial charge on any atom is -0.488 e. The van der Waals surface area contributed by atoms with Crippen LogP contribution in [0.15, 0.2) is 70.2 Å². The summed E-state index contributed by atoms with van der Waals surface area (Å²) in [5, 5.41) is 16.0. The summed E-state index contributed by atoms with van der Waals surface area (Å²) in [6.45, 7) is 4.02. The number of carbonyl (C=O) groups excluding carboxylic acids is 2. The molecule has 3 aromatic carbocycles. The number of amides is 2. The quantitative estimate of drug-likeness (QED) is 0.285. The number of fused-ring (bicyclic) bond motifs is 1. The van der Waals surface area contributed by atoms with Crippen LogP contribution in [0.25, 0.3) is 0 Å². The zero-order chi connectivity index (χ0) is 27.1. The summed E-state index contributed by atoms with van der Waals surface area (Å²) in [5.41, 5.74) is 4.93. The monoisotopic (exact) mass is 576 g/mol. The van der Waals surface area contributed by atoms with Gasteiger partial charge in [0.25, 0.3) is 11.8 Å². The molecular formula is C28H25BrN4O5. The molecule has 38 heavy (non-hydrogen) atoms. The molecule has 2 N–H and O–H groups in total. The fourth-order valence-corrected chi connectivity index (χ4v) is 4.17. The Hall–Kier alpha value is -4.36. The molecule has 1 aliphatic rings. The first-order chi connectivity index (χ1) is 18.4. The first-order valence-electron chi connectivity index (χ1n) is 11.8. The first-order valence-corrected chi connectivity index (χ1v) is 12.6. The Balaban J connectivity index is 1.34. The number of rotatable bonds is 9. The minimum atomic E-state index is -0.802. The largest absolute Gasteiger partial charge is 0.488 e. The number of hydrogen-bond donors (Lipinski definition) is 2. The Morgan fingerprint density at radius 1 is 1.13 bits per heavy atom. The highest BCUT2D eigenvalue weighted by Gasteiger charge is 2.25. The smallest absolute Gasteiger partial charge is 0.262 e. The molecule has 9 nitrogen and oxygen atoms in total. The van der Waals surface area contributed by atoms with E-state index >= 15 is 0 Å². The predicted molar refractivity (Wildman–Crippen MR) is 144 cm³/mol. The Labute approximate surface area is 228 Å². The second-order valence-electron chi connectivity index (χ2n) is 8.74. The van der Waals surface area contributed by atoms with Crippen LogP contribution in [0, 0.1) is 17.2 Å². The molecule has 0 spiro atoms. The highest BCUT2D eigenvalue weighted by Crippen LogP contribution is 2.32. The van der Waals surface area contributed by atoms with Crippen LogP contribution in [0.5, 0.6) is 17.2 Å². The molecule has 0 bridgehead atoms.